The van der Waals surface area contributed by atoms with Crippen molar-refractivity contribution in [2.45, 2.75) is 42.1 Å². The maximum atomic E-state index is 9.64. The van der Waals surface area contributed by atoms with Crippen molar-refractivity contribution in [2.75, 3.05) is 19.5 Å². The second-order valence-corrected chi connectivity index (χ2v) is 7.72. The van der Waals surface area contributed by atoms with Crippen molar-refractivity contribution in [3.8, 4) is 0 Å². The highest BCUT2D eigenvalue weighted by molar-refractivity contribution is 8.07. The van der Waals surface area contributed by atoms with E-state index in [0.717, 1.165) is 11.6 Å². The van der Waals surface area contributed by atoms with Gasteiger partial charge >= 0.3 is 0 Å². The van der Waals surface area contributed by atoms with E-state index in [9.17, 15) is 5.11 Å². The van der Waals surface area contributed by atoms with E-state index in [1.807, 2.05) is 23.5 Å². The van der Waals surface area contributed by atoms with Gasteiger partial charge in [0, 0.05) is 23.4 Å². The molecule has 1 aliphatic heterocycles. The zero-order valence-corrected chi connectivity index (χ0v) is 13.0. The molecule has 0 aliphatic carbocycles. The molecule has 0 aromatic carbocycles. The maximum absolute atomic E-state index is 9.64. The van der Waals surface area contributed by atoms with E-state index >= 15 is 0 Å². The van der Waals surface area contributed by atoms with Gasteiger partial charge in [-0.15, -0.1) is 11.8 Å². The molecule has 1 aromatic heterocycles. The highest BCUT2D eigenvalue weighted by atomic mass is 32.2. The minimum Gasteiger partial charge on any atom is -0.390 e. The van der Waals surface area contributed by atoms with Crippen molar-refractivity contribution in [1.29, 1.82) is 0 Å². The molecular weight excluding hydrogens is 284 g/mol. The average molecular weight is 304 g/mol. The van der Waals surface area contributed by atoms with E-state index in [4.69, 9.17) is 9.26 Å². The first-order valence-electron chi connectivity index (χ1n) is 6.36. The summed E-state index contributed by atoms with van der Waals surface area (Å²) >= 11 is 3.85. The standard InChI is InChI=1S/C12H20N2O3S2/c1-7-8(2)19-10(6-18-7)12-13-11(17-14-12)4-9(15)5-16-3/h7-10,15H,4-6H2,1-3H3. The number of thioether (sulfide) groups is 2. The van der Waals surface area contributed by atoms with Crippen LogP contribution >= 0.6 is 23.5 Å². The molecule has 2 heterocycles. The Morgan fingerprint density at radius 1 is 1.47 bits per heavy atom. The van der Waals surface area contributed by atoms with Crippen molar-refractivity contribution in [2.24, 2.45) is 0 Å². The van der Waals surface area contributed by atoms with Crippen LogP contribution in [-0.4, -0.2) is 51.3 Å². The van der Waals surface area contributed by atoms with E-state index in [1.54, 1.807) is 7.11 Å². The molecule has 108 valence electrons. The molecule has 0 amide bonds. The van der Waals surface area contributed by atoms with Gasteiger partial charge in [-0.2, -0.15) is 16.7 Å². The normalized spacial score (nSPS) is 29.4. The van der Waals surface area contributed by atoms with Gasteiger partial charge in [0.2, 0.25) is 5.89 Å². The first kappa shape index (κ1) is 15.2. The number of methoxy groups -OCH3 is 1. The molecule has 1 saturated heterocycles. The molecule has 1 aromatic rings. The molecule has 19 heavy (non-hydrogen) atoms. The summed E-state index contributed by atoms with van der Waals surface area (Å²) < 4.78 is 10.1. The number of aliphatic hydroxyl groups excluding tert-OH is 1. The molecule has 0 bridgehead atoms. The van der Waals surface area contributed by atoms with Crippen molar-refractivity contribution in [1.82, 2.24) is 10.1 Å². The molecule has 1 aliphatic rings. The molecule has 2 rings (SSSR count). The van der Waals surface area contributed by atoms with Crippen LogP contribution in [0.15, 0.2) is 4.52 Å². The van der Waals surface area contributed by atoms with Crippen LogP contribution in [0.2, 0.25) is 0 Å². The molecule has 4 atom stereocenters. The van der Waals surface area contributed by atoms with Crippen LogP contribution in [0.25, 0.3) is 0 Å². The Labute approximate surface area is 121 Å². The highest BCUT2D eigenvalue weighted by Gasteiger charge is 2.30. The van der Waals surface area contributed by atoms with E-state index < -0.39 is 6.10 Å². The summed E-state index contributed by atoms with van der Waals surface area (Å²) in [4.78, 5) is 4.39. The van der Waals surface area contributed by atoms with Crippen molar-refractivity contribution in [3.63, 3.8) is 0 Å². The van der Waals surface area contributed by atoms with Gasteiger partial charge in [-0.1, -0.05) is 19.0 Å². The lowest BCUT2D eigenvalue weighted by molar-refractivity contribution is 0.0599. The summed E-state index contributed by atoms with van der Waals surface area (Å²) in [7, 11) is 1.56. The summed E-state index contributed by atoms with van der Waals surface area (Å²) in [6.45, 7) is 4.76. The summed E-state index contributed by atoms with van der Waals surface area (Å²) in [5.74, 6) is 2.24. The van der Waals surface area contributed by atoms with Gasteiger partial charge in [0.25, 0.3) is 0 Å². The lowest BCUT2D eigenvalue weighted by Gasteiger charge is -2.29. The summed E-state index contributed by atoms with van der Waals surface area (Å²) in [6, 6.07) is 0. The van der Waals surface area contributed by atoms with Gasteiger partial charge in [-0.25, -0.2) is 0 Å². The van der Waals surface area contributed by atoms with E-state index in [1.165, 1.54) is 0 Å². The summed E-state index contributed by atoms with van der Waals surface area (Å²) in [5, 5.41) is 15.2. The van der Waals surface area contributed by atoms with Gasteiger partial charge in [-0.05, 0) is 0 Å². The smallest absolute Gasteiger partial charge is 0.229 e. The molecule has 0 saturated carbocycles. The van der Waals surface area contributed by atoms with Crippen molar-refractivity contribution in [3.05, 3.63) is 11.7 Å². The van der Waals surface area contributed by atoms with Gasteiger partial charge < -0.3 is 14.4 Å². The average Bonchev–Trinajstić information content (AvgIpc) is 2.81. The number of aliphatic hydroxyl groups is 1. The van der Waals surface area contributed by atoms with Crippen LogP contribution in [0.5, 0.6) is 0 Å². The Bertz CT molecular complexity index is 402. The lowest BCUT2D eigenvalue weighted by Crippen LogP contribution is -2.22. The number of aromatic nitrogens is 2. The Kier molecular flexibility index (Phi) is 5.56. The largest absolute Gasteiger partial charge is 0.390 e. The minimum absolute atomic E-state index is 0.278. The SMILES string of the molecule is COCC(O)Cc1nc(C2CSC(C)C(C)S2)no1. The fraction of sp³-hybridized carbons (Fsp3) is 0.833. The molecule has 1 N–H and O–H groups in total. The van der Waals surface area contributed by atoms with Crippen LogP contribution < -0.4 is 0 Å². The topological polar surface area (TPSA) is 68.4 Å². The van der Waals surface area contributed by atoms with Crippen LogP contribution in [0.3, 0.4) is 0 Å². The fourth-order valence-corrected chi connectivity index (χ4v) is 4.69. The van der Waals surface area contributed by atoms with Crippen LogP contribution in [0.4, 0.5) is 0 Å². The van der Waals surface area contributed by atoms with Crippen LogP contribution in [0, 0.1) is 0 Å². The number of hydrogen-bond donors (Lipinski definition) is 1. The lowest BCUT2D eigenvalue weighted by atomic mass is 10.3. The maximum Gasteiger partial charge on any atom is 0.229 e. The Morgan fingerprint density at radius 2 is 2.26 bits per heavy atom. The van der Waals surface area contributed by atoms with Gasteiger partial charge in [0.15, 0.2) is 5.82 Å². The summed E-state index contributed by atoms with van der Waals surface area (Å²) in [6.07, 6.45) is -0.247. The quantitative estimate of drug-likeness (QED) is 0.891. The molecule has 4 unspecified atom stereocenters. The molecular formula is C12H20N2O3S2. The molecule has 0 spiro atoms. The van der Waals surface area contributed by atoms with Gasteiger partial charge in [0.05, 0.1) is 24.4 Å². The van der Waals surface area contributed by atoms with Crippen LogP contribution in [0.1, 0.15) is 30.8 Å². The molecule has 1 fully saturated rings. The third kappa shape index (κ3) is 4.11. The number of ether oxygens (including phenoxy) is 1. The monoisotopic (exact) mass is 304 g/mol. The number of hydrogen-bond acceptors (Lipinski definition) is 7. The molecule has 5 nitrogen and oxygen atoms in total. The van der Waals surface area contributed by atoms with E-state index in [-0.39, 0.29) is 11.9 Å². The zero-order chi connectivity index (χ0) is 13.8. The molecule has 0 radical (unpaired) electrons. The minimum atomic E-state index is -0.592. The third-order valence-electron chi connectivity index (χ3n) is 3.09. The predicted octanol–water partition coefficient (Wildman–Crippen LogP) is 1.92. The second-order valence-electron chi connectivity index (χ2n) is 4.73. The van der Waals surface area contributed by atoms with E-state index in [2.05, 4.69) is 24.0 Å². The predicted molar refractivity (Wildman–Crippen MR) is 77.6 cm³/mol. The Morgan fingerprint density at radius 3 is 2.95 bits per heavy atom. The number of nitrogens with zero attached hydrogens (tertiary/aromatic N) is 2. The second kappa shape index (κ2) is 6.97. The summed E-state index contributed by atoms with van der Waals surface area (Å²) in [5.41, 5.74) is 0. The highest BCUT2D eigenvalue weighted by Crippen LogP contribution is 2.43. The zero-order valence-electron chi connectivity index (χ0n) is 11.4. The van der Waals surface area contributed by atoms with Crippen LogP contribution in [-0.2, 0) is 11.2 Å². The number of rotatable bonds is 5. The van der Waals surface area contributed by atoms with E-state index in [0.29, 0.717) is 22.8 Å². The third-order valence-corrected chi connectivity index (χ3v) is 6.48. The van der Waals surface area contributed by atoms with Crippen molar-refractivity contribution >= 4 is 23.5 Å². The Hall–Kier alpha value is -0.240. The first-order valence-corrected chi connectivity index (χ1v) is 8.35. The Balaban J connectivity index is 1.93. The fourth-order valence-electron chi connectivity index (χ4n) is 1.85. The van der Waals surface area contributed by atoms with Gasteiger partial charge in [-0.3, -0.25) is 0 Å². The molecule has 7 heteroatoms. The first-order chi connectivity index (χ1) is 9.10. The van der Waals surface area contributed by atoms with Crippen molar-refractivity contribution < 1.29 is 14.4 Å². The van der Waals surface area contributed by atoms with Gasteiger partial charge in [0.1, 0.15) is 0 Å².